The van der Waals surface area contributed by atoms with E-state index in [-0.39, 0.29) is 0 Å². The molecular formula is C5H9B6F24N-6. The lowest BCUT2D eigenvalue weighted by molar-refractivity contribution is 0.366. The van der Waals surface area contributed by atoms with Crippen molar-refractivity contribution >= 4 is 49.2 Å². The van der Waals surface area contributed by atoms with Crippen molar-refractivity contribution in [1.29, 1.82) is 0 Å². The molecule has 31 heteroatoms. The zero-order valence-corrected chi connectivity index (χ0v) is 16.6. The fraction of sp³-hybridized carbons (Fsp3) is 0.800. The summed E-state index contributed by atoms with van der Waals surface area (Å²) in [5.74, 6) is 0. The van der Waals surface area contributed by atoms with Crippen LogP contribution >= 0.6 is 0 Å². The Labute approximate surface area is 185 Å². The van der Waals surface area contributed by atoms with Gasteiger partial charge in [0.05, 0.1) is 0 Å². The number of halogens is 24. The zero-order valence-electron chi connectivity index (χ0n) is 16.6. The molecule has 0 aromatic heterocycles. The highest BCUT2D eigenvalue weighted by atomic mass is 19.5. The molecule has 0 aromatic rings. The summed E-state index contributed by atoms with van der Waals surface area (Å²) in [6, 6.07) is 0. The predicted octanol–water partition coefficient (Wildman–Crippen LogP) is 9.04. The van der Waals surface area contributed by atoms with E-state index in [1.165, 1.54) is 18.6 Å². The average Bonchev–Trinajstić information content (AvgIpc) is 2.76. The molecule has 0 N–H and O–H groups in total. The maximum absolute atomic E-state index is 9.75. The standard InChI is InChI=1S/C5H9N.6BF4/c1-5-3-2-4-6-5;6*2-1(3,4)5/h2-4H2,1H3;;;;;;/q;6*-1. The van der Waals surface area contributed by atoms with Crippen LogP contribution < -0.4 is 0 Å². The van der Waals surface area contributed by atoms with E-state index in [1.54, 1.807) is 0 Å². The molecule has 0 spiro atoms. The van der Waals surface area contributed by atoms with Crippen molar-refractivity contribution in [3.8, 4) is 0 Å². The summed E-state index contributed by atoms with van der Waals surface area (Å²) in [6.45, 7) is 3.17. The van der Waals surface area contributed by atoms with E-state index in [4.69, 9.17) is 0 Å². The Morgan fingerprint density at radius 3 is 0.556 bits per heavy atom. The second kappa shape index (κ2) is 20.4. The van der Waals surface area contributed by atoms with Crippen LogP contribution in [0.2, 0.25) is 0 Å². The number of nitrogens with zero attached hydrogens (tertiary/aromatic N) is 1. The number of hydrogen-bond acceptors (Lipinski definition) is 1. The van der Waals surface area contributed by atoms with E-state index >= 15 is 0 Å². The van der Waals surface area contributed by atoms with E-state index in [0.717, 1.165) is 6.54 Å². The fourth-order valence-electron chi connectivity index (χ4n) is 0.684. The smallest absolute Gasteiger partial charge is 0.418 e. The first-order valence-electron chi connectivity index (χ1n) is 7.63. The van der Waals surface area contributed by atoms with Crippen LogP contribution in [0.15, 0.2) is 4.99 Å². The Bertz CT molecular complexity index is 379. The maximum atomic E-state index is 9.75. The van der Waals surface area contributed by atoms with E-state index < -0.39 is 43.5 Å². The Kier molecular flexibility index (Phi) is 27.0. The van der Waals surface area contributed by atoms with Gasteiger partial charge in [0.2, 0.25) is 0 Å². The lowest BCUT2D eigenvalue weighted by atomic mass is 10.3. The summed E-state index contributed by atoms with van der Waals surface area (Å²) < 4.78 is 234. The lowest BCUT2D eigenvalue weighted by Crippen LogP contribution is -2.02. The van der Waals surface area contributed by atoms with Gasteiger partial charge in [-0.1, -0.05) is 0 Å². The third-order valence-electron chi connectivity index (χ3n) is 1.08. The molecule has 1 rings (SSSR count). The topological polar surface area (TPSA) is 12.4 Å². The first-order valence-corrected chi connectivity index (χ1v) is 7.63. The molecule has 1 nitrogen and oxygen atoms in total. The highest BCUT2D eigenvalue weighted by molar-refractivity contribution is 6.51. The molecule has 1 heterocycles. The summed E-state index contributed by atoms with van der Waals surface area (Å²) in [4.78, 5) is 4.15. The number of rotatable bonds is 0. The molecule has 0 unspecified atom stereocenters. The van der Waals surface area contributed by atoms with Crippen LogP contribution in [0.25, 0.3) is 0 Å². The molecule has 36 heavy (non-hydrogen) atoms. The molecule has 0 saturated carbocycles. The van der Waals surface area contributed by atoms with Crippen LogP contribution in [0.1, 0.15) is 19.8 Å². The van der Waals surface area contributed by atoms with Gasteiger partial charge in [-0.3, -0.25) is 4.99 Å². The van der Waals surface area contributed by atoms with Crippen molar-refractivity contribution in [3.63, 3.8) is 0 Å². The second-order valence-corrected chi connectivity index (χ2v) is 4.69. The van der Waals surface area contributed by atoms with Crippen molar-refractivity contribution in [2.24, 2.45) is 4.99 Å². The number of hydrogen-bond donors (Lipinski definition) is 0. The first kappa shape index (κ1) is 47.6. The fourth-order valence-corrected chi connectivity index (χ4v) is 0.684. The predicted molar refractivity (Wildman–Crippen MR) is 88.3 cm³/mol. The molecule has 1 aliphatic rings. The van der Waals surface area contributed by atoms with Gasteiger partial charge in [-0.2, -0.15) is 0 Å². The van der Waals surface area contributed by atoms with Crippen LogP contribution in [-0.4, -0.2) is 55.8 Å². The normalized spacial score (nSPS) is 13.5. The molecule has 0 amide bonds. The quantitative estimate of drug-likeness (QED) is 0.194. The lowest BCUT2D eigenvalue weighted by Gasteiger charge is -1.94. The Hall–Kier alpha value is -1.62. The maximum Gasteiger partial charge on any atom is 0.673 e. The van der Waals surface area contributed by atoms with Crippen molar-refractivity contribution < 1.29 is 104 Å². The number of aliphatic imine (C=N–C) groups is 1. The Balaban J connectivity index is -0.0000000731. The third-order valence-corrected chi connectivity index (χ3v) is 1.08. The zero-order chi connectivity index (χ0) is 31.4. The summed E-state index contributed by atoms with van der Waals surface area (Å²) in [5.41, 5.74) is 1.33. The summed E-state index contributed by atoms with van der Waals surface area (Å²) >= 11 is 0. The second-order valence-electron chi connectivity index (χ2n) is 4.69. The van der Waals surface area contributed by atoms with E-state index in [2.05, 4.69) is 11.9 Å². The minimum absolute atomic E-state index is 1.08. The minimum Gasteiger partial charge on any atom is -0.418 e. The van der Waals surface area contributed by atoms with Gasteiger partial charge >= 0.3 is 43.5 Å². The van der Waals surface area contributed by atoms with E-state index in [1.807, 2.05) is 0 Å². The molecule has 0 radical (unpaired) electrons. The summed E-state index contributed by atoms with van der Waals surface area (Å²) in [6.07, 6.45) is 2.52. The molecule has 0 bridgehead atoms. The molecule has 1 aliphatic heterocycles. The van der Waals surface area contributed by atoms with Gasteiger partial charge in [0.1, 0.15) is 0 Å². The van der Waals surface area contributed by atoms with Gasteiger partial charge in [-0.05, 0) is 19.8 Å². The van der Waals surface area contributed by atoms with Gasteiger partial charge in [-0.25, -0.2) is 0 Å². The van der Waals surface area contributed by atoms with E-state index in [0.29, 0.717) is 0 Å². The van der Waals surface area contributed by atoms with Gasteiger partial charge in [0.25, 0.3) is 0 Å². The van der Waals surface area contributed by atoms with Crippen LogP contribution in [-0.2, 0) is 0 Å². The summed E-state index contributed by atoms with van der Waals surface area (Å²) in [7, 11) is -36.0. The average molecular weight is 604 g/mol. The Morgan fingerprint density at radius 2 is 0.528 bits per heavy atom. The molecule has 226 valence electrons. The van der Waals surface area contributed by atoms with Crippen LogP contribution in [0.4, 0.5) is 104 Å². The van der Waals surface area contributed by atoms with Crippen molar-refractivity contribution in [2.45, 2.75) is 19.8 Å². The highest BCUT2D eigenvalue weighted by Gasteiger charge is 2.22. The molecule has 0 atom stereocenters. The SMILES string of the molecule is CC1=NCCC1.F[B-](F)(F)F.F[B-](F)(F)F.F[B-](F)(F)F.F[B-](F)(F)F.F[B-](F)(F)F.F[B-](F)(F)F. The van der Waals surface area contributed by atoms with Crippen molar-refractivity contribution in [2.75, 3.05) is 6.54 Å². The first-order chi connectivity index (χ1) is 14.9. The third kappa shape index (κ3) is 1100. The van der Waals surface area contributed by atoms with Gasteiger partial charge in [0.15, 0.2) is 0 Å². The molecular weight excluding hydrogens is 595 g/mol. The highest BCUT2D eigenvalue weighted by Crippen LogP contribution is 2.09. The largest absolute Gasteiger partial charge is 0.673 e. The van der Waals surface area contributed by atoms with E-state index in [9.17, 15) is 104 Å². The van der Waals surface area contributed by atoms with Gasteiger partial charge in [-0.15, -0.1) is 0 Å². The van der Waals surface area contributed by atoms with Crippen LogP contribution in [0.5, 0.6) is 0 Å². The summed E-state index contributed by atoms with van der Waals surface area (Å²) in [5, 5.41) is 0. The Morgan fingerprint density at radius 1 is 0.389 bits per heavy atom. The van der Waals surface area contributed by atoms with Crippen molar-refractivity contribution in [3.05, 3.63) is 0 Å². The molecule has 0 saturated heterocycles. The van der Waals surface area contributed by atoms with Crippen LogP contribution in [0, 0.1) is 0 Å². The van der Waals surface area contributed by atoms with Gasteiger partial charge in [0, 0.05) is 12.3 Å². The minimum atomic E-state index is -6.00. The van der Waals surface area contributed by atoms with Crippen molar-refractivity contribution in [1.82, 2.24) is 0 Å². The molecule has 0 aromatic carbocycles. The monoisotopic (exact) mass is 605 g/mol. The van der Waals surface area contributed by atoms with Crippen LogP contribution in [0.3, 0.4) is 0 Å². The van der Waals surface area contributed by atoms with Gasteiger partial charge < -0.3 is 104 Å². The molecule has 0 aliphatic carbocycles. The molecule has 0 fully saturated rings.